The summed E-state index contributed by atoms with van der Waals surface area (Å²) in [7, 11) is 0. The zero-order valence-corrected chi connectivity index (χ0v) is 11.6. The molecule has 0 bridgehead atoms. The molecule has 6 heteroatoms. The van der Waals surface area contributed by atoms with Crippen molar-refractivity contribution in [1.29, 1.82) is 0 Å². The van der Waals surface area contributed by atoms with Crippen LogP contribution in [0.25, 0.3) is 0 Å². The summed E-state index contributed by atoms with van der Waals surface area (Å²) < 4.78 is 36.9. The van der Waals surface area contributed by atoms with Gasteiger partial charge in [0.15, 0.2) is 0 Å². The van der Waals surface area contributed by atoms with Gasteiger partial charge in [0.05, 0.1) is 6.54 Å². The molecule has 2 saturated heterocycles. The molecule has 0 aromatic rings. The first kappa shape index (κ1) is 15.1. The SMILES string of the molecule is CCC1(CN2CCN(CC(F)(F)F)CC2)CCCN1. The molecule has 2 fully saturated rings. The van der Waals surface area contributed by atoms with Crippen molar-refractivity contribution in [3.8, 4) is 0 Å². The molecule has 0 aromatic heterocycles. The fourth-order valence-electron chi connectivity index (χ4n) is 3.20. The predicted octanol–water partition coefficient (Wildman–Crippen LogP) is 1.70. The summed E-state index contributed by atoms with van der Waals surface area (Å²) in [5, 5.41) is 3.58. The van der Waals surface area contributed by atoms with Gasteiger partial charge in [-0.2, -0.15) is 13.2 Å². The average Bonchev–Trinajstić information content (AvgIpc) is 2.79. The number of nitrogens with one attached hydrogen (secondary N) is 1. The van der Waals surface area contributed by atoms with Crippen molar-refractivity contribution >= 4 is 0 Å². The number of rotatable bonds is 4. The van der Waals surface area contributed by atoms with Crippen molar-refractivity contribution in [1.82, 2.24) is 15.1 Å². The molecule has 2 heterocycles. The summed E-state index contributed by atoms with van der Waals surface area (Å²) in [6.07, 6.45) is -0.580. The molecule has 0 amide bonds. The van der Waals surface area contributed by atoms with Crippen LogP contribution in [0.3, 0.4) is 0 Å². The van der Waals surface area contributed by atoms with Gasteiger partial charge in [-0.15, -0.1) is 0 Å². The van der Waals surface area contributed by atoms with Crippen LogP contribution < -0.4 is 5.32 Å². The Morgan fingerprint density at radius 2 is 1.74 bits per heavy atom. The van der Waals surface area contributed by atoms with Gasteiger partial charge in [0.25, 0.3) is 0 Å². The van der Waals surface area contributed by atoms with E-state index in [1.807, 2.05) is 0 Å². The summed E-state index contributed by atoms with van der Waals surface area (Å²) in [5.41, 5.74) is 0.201. The van der Waals surface area contributed by atoms with E-state index in [-0.39, 0.29) is 5.54 Å². The van der Waals surface area contributed by atoms with Crippen molar-refractivity contribution in [3.05, 3.63) is 0 Å². The highest BCUT2D eigenvalue weighted by atomic mass is 19.4. The fourth-order valence-corrected chi connectivity index (χ4v) is 3.20. The predicted molar refractivity (Wildman–Crippen MR) is 69.2 cm³/mol. The normalized spacial score (nSPS) is 30.9. The van der Waals surface area contributed by atoms with Crippen LogP contribution in [0, 0.1) is 0 Å². The van der Waals surface area contributed by atoms with E-state index in [0.29, 0.717) is 13.1 Å². The van der Waals surface area contributed by atoms with Crippen molar-refractivity contribution in [2.75, 3.05) is 45.8 Å². The Balaban J connectivity index is 1.77. The Hall–Kier alpha value is -0.330. The summed E-state index contributed by atoms with van der Waals surface area (Å²) >= 11 is 0. The lowest BCUT2D eigenvalue weighted by atomic mass is 9.93. The zero-order chi connectivity index (χ0) is 13.9. The number of nitrogens with zero attached hydrogens (tertiary/aromatic N) is 2. The van der Waals surface area contributed by atoms with Gasteiger partial charge in [0.1, 0.15) is 0 Å². The number of halogens is 3. The number of hydrogen-bond donors (Lipinski definition) is 1. The Morgan fingerprint density at radius 3 is 2.21 bits per heavy atom. The monoisotopic (exact) mass is 279 g/mol. The van der Waals surface area contributed by atoms with Crippen molar-refractivity contribution < 1.29 is 13.2 Å². The molecule has 0 saturated carbocycles. The third-order valence-electron chi connectivity index (χ3n) is 4.40. The van der Waals surface area contributed by atoms with Crippen LogP contribution in [0.15, 0.2) is 0 Å². The van der Waals surface area contributed by atoms with E-state index in [4.69, 9.17) is 0 Å². The quantitative estimate of drug-likeness (QED) is 0.845. The molecule has 2 rings (SSSR count). The first-order valence-electron chi connectivity index (χ1n) is 7.19. The molecule has 19 heavy (non-hydrogen) atoms. The van der Waals surface area contributed by atoms with Crippen LogP contribution in [0.4, 0.5) is 13.2 Å². The second kappa shape index (κ2) is 5.97. The fraction of sp³-hybridized carbons (Fsp3) is 1.00. The van der Waals surface area contributed by atoms with Crippen LogP contribution in [0.5, 0.6) is 0 Å². The van der Waals surface area contributed by atoms with E-state index in [2.05, 4.69) is 17.1 Å². The van der Waals surface area contributed by atoms with Gasteiger partial charge in [-0.1, -0.05) is 6.92 Å². The minimum absolute atomic E-state index is 0.201. The van der Waals surface area contributed by atoms with E-state index in [9.17, 15) is 13.2 Å². The lowest BCUT2D eigenvalue weighted by molar-refractivity contribution is -0.149. The van der Waals surface area contributed by atoms with Gasteiger partial charge in [-0.05, 0) is 25.8 Å². The van der Waals surface area contributed by atoms with Crippen molar-refractivity contribution in [2.24, 2.45) is 0 Å². The first-order valence-corrected chi connectivity index (χ1v) is 7.19. The Kier molecular flexibility index (Phi) is 4.74. The van der Waals surface area contributed by atoms with E-state index in [1.54, 1.807) is 0 Å². The molecule has 1 atom stereocenters. The Morgan fingerprint density at radius 1 is 1.11 bits per heavy atom. The maximum absolute atomic E-state index is 12.3. The lowest BCUT2D eigenvalue weighted by Crippen LogP contribution is -2.55. The summed E-state index contributed by atoms with van der Waals surface area (Å²) in [6, 6.07) is 0. The number of hydrogen-bond acceptors (Lipinski definition) is 3. The molecule has 3 nitrogen and oxygen atoms in total. The van der Waals surface area contributed by atoms with Gasteiger partial charge in [0, 0.05) is 38.3 Å². The molecule has 112 valence electrons. The Bertz CT molecular complexity index is 279. The Labute approximate surface area is 113 Å². The molecule has 0 radical (unpaired) electrons. The van der Waals surface area contributed by atoms with Gasteiger partial charge >= 0.3 is 6.18 Å². The molecule has 0 aliphatic carbocycles. The number of alkyl halides is 3. The van der Waals surface area contributed by atoms with Crippen LogP contribution in [0.1, 0.15) is 26.2 Å². The standard InChI is InChI=1S/C13H24F3N3/c1-2-12(4-3-5-17-12)10-18-6-8-19(9-7-18)11-13(14,15)16/h17H,2-11H2,1H3. The summed E-state index contributed by atoms with van der Waals surface area (Å²) in [6.45, 7) is 6.03. The van der Waals surface area contributed by atoms with Crippen LogP contribution in [-0.4, -0.2) is 67.3 Å². The third kappa shape index (κ3) is 4.33. The van der Waals surface area contributed by atoms with Gasteiger partial charge in [-0.3, -0.25) is 9.80 Å². The van der Waals surface area contributed by atoms with E-state index >= 15 is 0 Å². The van der Waals surface area contributed by atoms with Gasteiger partial charge in [-0.25, -0.2) is 0 Å². The lowest BCUT2D eigenvalue weighted by Gasteiger charge is -2.40. The summed E-state index contributed by atoms with van der Waals surface area (Å²) in [5.74, 6) is 0. The van der Waals surface area contributed by atoms with Crippen LogP contribution in [-0.2, 0) is 0 Å². The van der Waals surface area contributed by atoms with Gasteiger partial charge < -0.3 is 5.32 Å². The van der Waals surface area contributed by atoms with E-state index in [0.717, 1.165) is 32.6 Å². The maximum atomic E-state index is 12.3. The van der Waals surface area contributed by atoms with Crippen molar-refractivity contribution in [2.45, 2.75) is 37.9 Å². The second-order valence-electron chi connectivity index (χ2n) is 5.83. The largest absolute Gasteiger partial charge is 0.401 e. The molecule has 2 aliphatic rings. The molecule has 0 spiro atoms. The van der Waals surface area contributed by atoms with Gasteiger partial charge in [0.2, 0.25) is 0 Å². The number of piperazine rings is 1. The van der Waals surface area contributed by atoms with Crippen molar-refractivity contribution in [3.63, 3.8) is 0 Å². The molecular formula is C13H24F3N3. The first-order chi connectivity index (χ1) is 8.92. The minimum Gasteiger partial charge on any atom is -0.310 e. The highest BCUT2D eigenvalue weighted by molar-refractivity contribution is 4.95. The topological polar surface area (TPSA) is 18.5 Å². The van der Waals surface area contributed by atoms with Crippen LogP contribution in [0.2, 0.25) is 0 Å². The third-order valence-corrected chi connectivity index (χ3v) is 4.40. The maximum Gasteiger partial charge on any atom is 0.401 e. The van der Waals surface area contributed by atoms with E-state index in [1.165, 1.54) is 17.7 Å². The summed E-state index contributed by atoms with van der Waals surface area (Å²) in [4.78, 5) is 3.83. The molecule has 1 unspecified atom stereocenters. The van der Waals surface area contributed by atoms with E-state index < -0.39 is 12.7 Å². The van der Waals surface area contributed by atoms with Crippen LogP contribution >= 0.6 is 0 Å². The minimum atomic E-state index is -4.07. The second-order valence-corrected chi connectivity index (χ2v) is 5.83. The molecule has 0 aromatic carbocycles. The molecule has 2 aliphatic heterocycles. The molecule has 1 N–H and O–H groups in total. The zero-order valence-electron chi connectivity index (χ0n) is 11.6. The highest BCUT2D eigenvalue weighted by Crippen LogP contribution is 2.25. The molecular weight excluding hydrogens is 255 g/mol. The highest BCUT2D eigenvalue weighted by Gasteiger charge is 2.36. The average molecular weight is 279 g/mol. The smallest absolute Gasteiger partial charge is 0.310 e.